The quantitative estimate of drug-likeness (QED) is 0.564. The number of aryl methyl sites for hydroxylation is 1. The van der Waals surface area contributed by atoms with Gasteiger partial charge in [-0.25, -0.2) is 4.79 Å². The van der Waals surface area contributed by atoms with Crippen LogP contribution in [0.3, 0.4) is 0 Å². The van der Waals surface area contributed by atoms with Gasteiger partial charge in [-0.15, -0.1) is 5.10 Å². The van der Waals surface area contributed by atoms with Gasteiger partial charge in [-0.1, -0.05) is 17.7 Å². The molecule has 1 aliphatic heterocycles. The number of tetrazole rings is 1. The maximum atomic E-state index is 12.9. The summed E-state index contributed by atoms with van der Waals surface area (Å²) >= 11 is 0. The van der Waals surface area contributed by atoms with E-state index in [1.54, 1.807) is 21.7 Å². The summed E-state index contributed by atoms with van der Waals surface area (Å²) in [5.74, 6) is 2.20. The standard InChI is InChI=1S/C23H29N7O4/c1-16-5-7-18(8-6-16)30-21(25-26-27-30)15-28-9-11-29(12-10-28)23(31)24-17-13-19(32-2)22(34-4)20(14-17)33-3/h5-8,13-14H,9-12,15H2,1-4H3,(H,24,31). The van der Waals surface area contributed by atoms with Crippen LogP contribution in [0.4, 0.5) is 10.5 Å². The molecule has 0 radical (unpaired) electrons. The summed E-state index contributed by atoms with van der Waals surface area (Å²) < 4.78 is 17.8. The number of ether oxygens (including phenoxy) is 3. The van der Waals surface area contributed by atoms with Crippen LogP contribution in [0.5, 0.6) is 17.2 Å². The van der Waals surface area contributed by atoms with Crippen molar-refractivity contribution >= 4 is 11.7 Å². The second kappa shape index (κ2) is 10.4. The Balaban J connectivity index is 1.35. The first-order valence-electron chi connectivity index (χ1n) is 10.9. The molecule has 4 rings (SSSR count). The second-order valence-corrected chi connectivity index (χ2v) is 7.95. The average molecular weight is 468 g/mol. The lowest BCUT2D eigenvalue weighted by atomic mass is 10.2. The molecule has 2 amide bonds. The Kier molecular flexibility index (Phi) is 7.12. The maximum Gasteiger partial charge on any atom is 0.321 e. The zero-order chi connectivity index (χ0) is 24.1. The van der Waals surface area contributed by atoms with Gasteiger partial charge >= 0.3 is 6.03 Å². The van der Waals surface area contributed by atoms with Crippen molar-refractivity contribution in [3.8, 4) is 22.9 Å². The van der Waals surface area contributed by atoms with Gasteiger partial charge in [0.2, 0.25) is 5.75 Å². The fraction of sp³-hybridized carbons (Fsp3) is 0.391. The predicted molar refractivity (Wildman–Crippen MR) is 126 cm³/mol. The van der Waals surface area contributed by atoms with Gasteiger partial charge in [-0.2, -0.15) is 4.68 Å². The normalized spacial score (nSPS) is 14.1. The Morgan fingerprint density at radius 3 is 2.21 bits per heavy atom. The molecule has 1 N–H and O–H groups in total. The highest BCUT2D eigenvalue weighted by Gasteiger charge is 2.24. The van der Waals surface area contributed by atoms with Gasteiger partial charge in [0, 0.05) is 38.3 Å². The van der Waals surface area contributed by atoms with Gasteiger partial charge in [0.15, 0.2) is 17.3 Å². The van der Waals surface area contributed by atoms with Crippen molar-refractivity contribution in [1.82, 2.24) is 30.0 Å². The number of piperazine rings is 1. The number of rotatable bonds is 7. The summed E-state index contributed by atoms with van der Waals surface area (Å²) in [5, 5.41) is 15.1. The molecule has 34 heavy (non-hydrogen) atoms. The van der Waals surface area contributed by atoms with E-state index in [1.165, 1.54) is 26.9 Å². The van der Waals surface area contributed by atoms with E-state index in [1.807, 2.05) is 31.2 Å². The summed E-state index contributed by atoms with van der Waals surface area (Å²) in [5.41, 5.74) is 2.67. The average Bonchev–Trinajstić information content (AvgIpc) is 3.32. The summed E-state index contributed by atoms with van der Waals surface area (Å²) in [6, 6.07) is 11.3. The van der Waals surface area contributed by atoms with E-state index >= 15 is 0 Å². The van der Waals surface area contributed by atoms with Gasteiger partial charge in [0.1, 0.15) is 0 Å². The fourth-order valence-electron chi connectivity index (χ4n) is 3.86. The number of nitrogens with one attached hydrogen (secondary N) is 1. The SMILES string of the molecule is COc1cc(NC(=O)N2CCN(Cc3nnnn3-c3ccc(C)cc3)CC2)cc(OC)c1OC. The minimum atomic E-state index is -0.182. The Hall–Kier alpha value is -3.86. The minimum Gasteiger partial charge on any atom is -0.493 e. The molecule has 1 aliphatic rings. The highest BCUT2D eigenvalue weighted by Crippen LogP contribution is 2.40. The number of hydrogen-bond acceptors (Lipinski definition) is 8. The van der Waals surface area contributed by atoms with E-state index in [0.29, 0.717) is 55.7 Å². The van der Waals surface area contributed by atoms with E-state index in [-0.39, 0.29) is 6.03 Å². The van der Waals surface area contributed by atoms with Crippen molar-refractivity contribution in [1.29, 1.82) is 0 Å². The number of nitrogens with zero attached hydrogens (tertiary/aromatic N) is 6. The first-order valence-corrected chi connectivity index (χ1v) is 10.9. The van der Waals surface area contributed by atoms with Crippen LogP contribution < -0.4 is 19.5 Å². The lowest BCUT2D eigenvalue weighted by Gasteiger charge is -2.34. The lowest BCUT2D eigenvalue weighted by Crippen LogP contribution is -2.49. The van der Waals surface area contributed by atoms with Crippen LogP contribution in [0.25, 0.3) is 5.69 Å². The third kappa shape index (κ3) is 5.04. The number of carbonyl (C=O) groups excluding carboxylic acids is 1. The highest BCUT2D eigenvalue weighted by atomic mass is 16.5. The molecule has 0 spiro atoms. The van der Waals surface area contributed by atoms with Crippen LogP contribution in [0.15, 0.2) is 36.4 Å². The van der Waals surface area contributed by atoms with Crippen molar-refractivity contribution in [3.05, 3.63) is 47.8 Å². The van der Waals surface area contributed by atoms with Gasteiger partial charge in [-0.05, 0) is 29.5 Å². The maximum absolute atomic E-state index is 12.9. The van der Waals surface area contributed by atoms with E-state index < -0.39 is 0 Å². The molecule has 0 saturated carbocycles. The van der Waals surface area contributed by atoms with Crippen LogP contribution in [0, 0.1) is 6.92 Å². The monoisotopic (exact) mass is 467 g/mol. The summed E-state index contributed by atoms with van der Waals surface area (Å²) in [6.07, 6.45) is 0. The number of urea groups is 1. The number of benzene rings is 2. The molecule has 1 fully saturated rings. The third-order valence-corrected chi connectivity index (χ3v) is 5.75. The minimum absolute atomic E-state index is 0.182. The molecule has 1 aromatic heterocycles. The van der Waals surface area contributed by atoms with E-state index in [4.69, 9.17) is 14.2 Å². The van der Waals surface area contributed by atoms with Crippen LogP contribution in [-0.2, 0) is 6.54 Å². The number of carbonyl (C=O) groups is 1. The Labute approximate surface area is 198 Å². The summed E-state index contributed by atoms with van der Waals surface area (Å²) in [7, 11) is 4.62. The molecule has 11 heteroatoms. The molecule has 2 aromatic carbocycles. The predicted octanol–water partition coefficient (Wildman–Crippen LogP) is 2.35. The van der Waals surface area contributed by atoms with E-state index in [0.717, 1.165) is 11.5 Å². The second-order valence-electron chi connectivity index (χ2n) is 7.95. The third-order valence-electron chi connectivity index (χ3n) is 5.75. The Morgan fingerprint density at radius 2 is 1.62 bits per heavy atom. The first kappa shape index (κ1) is 23.3. The number of methoxy groups -OCH3 is 3. The molecule has 180 valence electrons. The van der Waals surface area contributed by atoms with Crippen LogP contribution >= 0.6 is 0 Å². The molecule has 2 heterocycles. The Bertz CT molecular complexity index is 1100. The molecular weight excluding hydrogens is 438 g/mol. The van der Waals surface area contributed by atoms with Crippen molar-refractivity contribution < 1.29 is 19.0 Å². The number of anilines is 1. The Morgan fingerprint density at radius 1 is 0.971 bits per heavy atom. The summed E-state index contributed by atoms with van der Waals surface area (Å²) in [4.78, 5) is 16.9. The fourth-order valence-corrected chi connectivity index (χ4v) is 3.86. The largest absolute Gasteiger partial charge is 0.493 e. The van der Waals surface area contributed by atoms with Crippen LogP contribution in [0.2, 0.25) is 0 Å². The first-order chi connectivity index (χ1) is 16.5. The summed E-state index contributed by atoms with van der Waals surface area (Å²) in [6.45, 7) is 5.24. The number of hydrogen-bond donors (Lipinski definition) is 1. The molecule has 0 aliphatic carbocycles. The molecule has 0 unspecified atom stereocenters. The topological polar surface area (TPSA) is 107 Å². The molecule has 11 nitrogen and oxygen atoms in total. The molecule has 0 bridgehead atoms. The van der Waals surface area contributed by atoms with Gasteiger partial charge in [-0.3, -0.25) is 4.90 Å². The molecule has 0 atom stereocenters. The zero-order valence-electron chi connectivity index (χ0n) is 19.8. The number of amides is 2. The van der Waals surface area contributed by atoms with Crippen LogP contribution in [-0.4, -0.2) is 83.5 Å². The number of aromatic nitrogens is 4. The van der Waals surface area contributed by atoms with Crippen molar-refractivity contribution in [2.45, 2.75) is 13.5 Å². The van der Waals surface area contributed by atoms with Gasteiger partial charge < -0.3 is 24.4 Å². The molecule has 3 aromatic rings. The smallest absolute Gasteiger partial charge is 0.321 e. The lowest BCUT2D eigenvalue weighted by molar-refractivity contribution is 0.140. The van der Waals surface area contributed by atoms with Crippen molar-refractivity contribution in [2.75, 3.05) is 52.8 Å². The highest BCUT2D eigenvalue weighted by molar-refractivity contribution is 5.90. The molecular formula is C23H29N7O4. The van der Waals surface area contributed by atoms with Gasteiger partial charge in [0.05, 0.1) is 39.2 Å². The molecule has 1 saturated heterocycles. The van der Waals surface area contributed by atoms with Crippen LogP contribution in [0.1, 0.15) is 11.4 Å². The van der Waals surface area contributed by atoms with Crippen molar-refractivity contribution in [2.24, 2.45) is 0 Å². The van der Waals surface area contributed by atoms with E-state index in [2.05, 4.69) is 25.7 Å². The van der Waals surface area contributed by atoms with E-state index in [9.17, 15) is 4.79 Å². The zero-order valence-corrected chi connectivity index (χ0v) is 19.8. The van der Waals surface area contributed by atoms with Gasteiger partial charge in [0.25, 0.3) is 0 Å². The van der Waals surface area contributed by atoms with Crippen molar-refractivity contribution in [3.63, 3.8) is 0 Å².